The molecule has 112 valence electrons. The van der Waals surface area contributed by atoms with Crippen LogP contribution in [0.15, 0.2) is 18.2 Å². The van der Waals surface area contributed by atoms with Gasteiger partial charge in [-0.2, -0.15) is 26.3 Å². The van der Waals surface area contributed by atoms with E-state index in [1.807, 2.05) is 0 Å². The second-order valence-electron chi connectivity index (χ2n) is 3.81. The van der Waals surface area contributed by atoms with Gasteiger partial charge in [0.05, 0.1) is 11.1 Å². The third kappa shape index (κ3) is 4.32. The van der Waals surface area contributed by atoms with Crippen LogP contribution >= 0.6 is 0 Å². The fourth-order valence-electron chi connectivity index (χ4n) is 1.40. The number of hydrogen-bond donors (Lipinski definition) is 2. The number of nitrogens with one attached hydrogen (secondary N) is 2. The maximum atomic E-state index is 12.5. The standard InChI is InChI=1S/C11H10F6N2O/c1-18-8-3-2-6(11(15,16)17)4-7(8)9(20)19-5-10(12,13)14/h2-4,18H,5H2,1H3,(H,19,20). The molecule has 0 saturated carbocycles. The Morgan fingerprint density at radius 3 is 2.20 bits per heavy atom. The third-order valence-electron chi connectivity index (χ3n) is 2.31. The number of hydrogen-bond acceptors (Lipinski definition) is 2. The lowest BCUT2D eigenvalue weighted by Gasteiger charge is -2.14. The first-order chi connectivity index (χ1) is 9.04. The molecular formula is C11H10F6N2O. The van der Waals surface area contributed by atoms with Crippen molar-refractivity contribution in [1.29, 1.82) is 0 Å². The van der Waals surface area contributed by atoms with Gasteiger partial charge < -0.3 is 10.6 Å². The lowest BCUT2D eigenvalue weighted by atomic mass is 10.1. The molecule has 2 N–H and O–H groups in total. The Kier molecular flexibility index (Phi) is 4.51. The van der Waals surface area contributed by atoms with Crippen LogP contribution in [0.25, 0.3) is 0 Å². The fraction of sp³-hybridized carbons (Fsp3) is 0.364. The van der Waals surface area contributed by atoms with Crippen molar-refractivity contribution in [3.63, 3.8) is 0 Å². The van der Waals surface area contributed by atoms with Crippen molar-refractivity contribution in [1.82, 2.24) is 5.32 Å². The molecule has 0 heterocycles. The molecule has 0 aliphatic carbocycles. The molecule has 1 aromatic rings. The third-order valence-corrected chi connectivity index (χ3v) is 2.31. The van der Waals surface area contributed by atoms with Gasteiger partial charge in [0, 0.05) is 12.7 Å². The van der Waals surface area contributed by atoms with Gasteiger partial charge in [0.1, 0.15) is 6.54 Å². The SMILES string of the molecule is CNc1ccc(C(F)(F)F)cc1C(=O)NCC(F)(F)F. The predicted molar refractivity (Wildman–Crippen MR) is 59.4 cm³/mol. The number of amides is 1. The number of anilines is 1. The van der Waals surface area contributed by atoms with Crippen LogP contribution in [0.3, 0.4) is 0 Å². The van der Waals surface area contributed by atoms with E-state index in [1.165, 1.54) is 12.4 Å². The van der Waals surface area contributed by atoms with E-state index in [4.69, 9.17) is 0 Å². The zero-order valence-electron chi connectivity index (χ0n) is 10.1. The molecular weight excluding hydrogens is 290 g/mol. The Morgan fingerprint density at radius 1 is 1.15 bits per heavy atom. The van der Waals surface area contributed by atoms with Crippen LogP contribution in [0.5, 0.6) is 0 Å². The summed E-state index contributed by atoms with van der Waals surface area (Å²) >= 11 is 0. The maximum Gasteiger partial charge on any atom is 0.416 e. The van der Waals surface area contributed by atoms with Gasteiger partial charge >= 0.3 is 12.4 Å². The lowest BCUT2D eigenvalue weighted by molar-refractivity contribution is -0.137. The van der Waals surface area contributed by atoms with E-state index in [0.717, 1.165) is 12.1 Å². The molecule has 0 aliphatic rings. The fourth-order valence-corrected chi connectivity index (χ4v) is 1.40. The minimum Gasteiger partial charge on any atom is -0.387 e. The topological polar surface area (TPSA) is 41.1 Å². The highest BCUT2D eigenvalue weighted by Gasteiger charge is 2.32. The molecule has 0 unspecified atom stereocenters. The van der Waals surface area contributed by atoms with Gasteiger partial charge in [0.2, 0.25) is 0 Å². The highest BCUT2D eigenvalue weighted by atomic mass is 19.4. The quantitative estimate of drug-likeness (QED) is 0.842. The Labute approximate surface area is 110 Å². The summed E-state index contributed by atoms with van der Waals surface area (Å²) in [4.78, 5) is 11.5. The summed E-state index contributed by atoms with van der Waals surface area (Å²) in [6, 6.07) is 2.20. The van der Waals surface area contributed by atoms with Crippen LogP contribution < -0.4 is 10.6 Å². The summed E-state index contributed by atoms with van der Waals surface area (Å²) < 4.78 is 73.4. The lowest BCUT2D eigenvalue weighted by Crippen LogP contribution is -2.34. The molecule has 3 nitrogen and oxygen atoms in total. The van der Waals surface area contributed by atoms with Gasteiger partial charge in [-0.3, -0.25) is 4.79 Å². The highest BCUT2D eigenvalue weighted by Crippen LogP contribution is 2.31. The highest BCUT2D eigenvalue weighted by molar-refractivity contribution is 5.99. The van der Waals surface area contributed by atoms with Crippen LogP contribution in [0, 0.1) is 0 Å². The van der Waals surface area contributed by atoms with Crippen molar-refractivity contribution in [3.8, 4) is 0 Å². The molecule has 0 fully saturated rings. The summed E-state index contributed by atoms with van der Waals surface area (Å²) in [7, 11) is 1.34. The van der Waals surface area contributed by atoms with Crippen molar-refractivity contribution in [2.45, 2.75) is 12.4 Å². The van der Waals surface area contributed by atoms with Crippen molar-refractivity contribution in [2.75, 3.05) is 18.9 Å². The van der Waals surface area contributed by atoms with E-state index in [0.29, 0.717) is 6.07 Å². The summed E-state index contributed by atoms with van der Waals surface area (Å²) in [5.41, 5.74) is -1.63. The first-order valence-electron chi connectivity index (χ1n) is 5.28. The first-order valence-corrected chi connectivity index (χ1v) is 5.28. The zero-order valence-corrected chi connectivity index (χ0v) is 10.1. The van der Waals surface area contributed by atoms with E-state index in [-0.39, 0.29) is 5.69 Å². The predicted octanol–water partition coefficient (Wildman–Crippen LogP) is 3.04. The second-order valence-corrected chi connectivity index (χ2v) is 3.81. The average molecular weight is 300 g/mol. The van der Waals surface area contributed by atoms with Gasteiger partial charge in [0.25, 0.3) is 5.91 Å². The van der Waals surface area contributed by atoms with E-state index in [1.54, 1.807) is 0 Å². The van der Waals surface area contributed by atoms with Gasteiger partial charge in [-0.1, -0.05) is 0 Å². The van der Waals surface area contributed by atoms with Crippen molar-refractivity contribution < 1.29 is 31.1 Å². The zero-order chi connectivity index (χ0) is 15.6. The molecule has 0 spiro atoms. The van der Waals surface area contributed by atoms with Crippen LogP contribution in [-0.2, 0) is 6.18 Å². The monoisotopic (exact) mass is 300 g/mol. The van der Waals surface area contributed by atoms with Crippen LogP contribution in [-0.4, -0.2) is 25.7 Å². The van der Waals surface area contributed by atoms with E-state index < -0.39 is 35.9 Å². The normalized spacial score (nSPS) is 12.2. The molecule has 1 aromatic carbocycles. The Morgan fingerprint density at radius 2 is 1.75 bits per heavy atom. The number of alkyl halides is 6. The molecule has 0 saturated heterocycles. The summed E-state index contributed by atoms with van der Waals surface area (Å²) in [6.07, 6.45) is -9.33. The minimum atomic E-state index is -4.69. The molecule has 0 bridgehead atoms. The smallest absolute Gasteiger partial charge is 0.387 e. The van der Waals surface area contributed by atoms with Crippen molar-refractivity contribution >= 4 is 11.6 Å². The maximum absolute atomic E-state index is 12.5. The minimum absolute atomic E-state index is 0.00215. The number of carbonyl (C=O) groups excluding carboxylic acids is 1. The summed E-state index contributed by atoms with van der Waals surface area (Å²) in [6.45, 7) is -1.62. The van der Waals surface area contributed by atoms with E-state index in [2.05, 4.69) is 5.32 Å². The van der Waals surface area contributed by atoms with Crippen LogP contribution in [0.2, 0.25) is 0 Å². The van der Waals surface area contributed by atoms with Gasteiger partial charge in [0.15, 0.2) is 0 Å². The van der Waals surface area contributed by atoms with Gasteiger partial charge in [-0.15, -0.1) is 0 Å². The molecule has 0 aromatic heterocycles. The molecule has 1 amide bonds. The second kappa shape index (κ2) is 5.59. The Bertz CT molecular complexity index is 495. The molecule has 20 heavy (non-hydrogen) atoms. The molecule has 1 rings (SSSR count). The average Bonchev–Trinajstić information content (AvgIpc) is 2.33. The van der Waals surface area contributed by atoms with Gasteiger partial charge in [-0.05, 0) is 18.2 Å². The molecule has 9 heteroatoms. The summed E-state index contributed by atoms with van der Waals surface area (Å²) in [5, 5.41) is 3.96. The number of halogens is 6. The van der Waals surface area contributed by atoms with Crippen molar-refractivity contribution in [2.24, 2.45) is 0 Å². The van der Waals surface area contributed by atoms with Crippen LogP contribution in [0.1, 0.15) is 15.9 Å². The van der Waals surface area contributed by atoms with Crippen molar-refractivity contribution in [3.05, 3.63) is 29.3 Å². The molecule has 0 radical (unpaired) electrons. The molecule has 0 aliphatic heterocycles. The Hall–Kier alpha value is -1.93. The summed E-state index contributed by atoms with van der Waals surface area (Å²) in [5.74, 6) is -1.24. The van der Waals surface area contributed by atoms with Gasteiger partial charge in [-0.25, -0.2) is 0 Å². The van der Waals surface area contributed by atoms with Crippen LogP contribution in [0.4, 0.5) is 32.0 Å². The largest absolute Gasteiger partial charge is 0.416 e. The first kappa shape index (κ1) is 16.1. The Balaban J connectivity index is 3.05. The number of benzene rings is 1. The number of rotatable bonds is 3. The van der Waals surface area contributed by atoms with E-state index >= 15 is 0 Å². The van der Waals surface area contributed by atoms with E-state index in [9.17, 15) is 31.1 Å². The molecule has 0 atom stereocenters. The number of carbonyl (C=O) groups is 1.